The van der Waals surface area contributed by atoms with Crippen molar-refractivity contribution >= 4 is 33.2 Å². The molecular weight excluding hydrogens is 392 g/mol. The Hall–Kier alpha value is -3.06. The lowest BCUT2D eigenvalue weighted by Crippen LogP contribution is -2.10. The SMILES string of the molecule is C=C/C(=C\C=C\OCCOCCOCCOC)n1c2ccccc2c2cc(N)ccc21. The second-order valence-corrected chi connectivity index (χ2v) is 6.84. The predicted molar refractivity (Wildman–Crippen MR) is 127 cm³/mol. The first-order valence-corrected chi connectivity index (χ1v) is 10.3. The molecule has 3 aromatic rings. The van der Waals surface area contributed by atoms with Crippen molar-refractivity contribution in [1.29, 1.82) is 0 Å². The van der Waals surface area contributed by atoms with E-state index in [1.165, 1.54) is 0 Å². The highest BCUT2D eigenvalue weighted by Crippen LogP contribution is 2.33. The second kappa shape index (κ2) is 12.0. The van der Waals surface area contributed by atoms with Crippen LogP contribution in [0, 0.1) is 0 Å². The fraction of sp³-hybridized carbons (Fsp3) is 0.280. The highest BCUT2D eigenvalue weighted by Gasteiger charge is 2.11. The van der Waals surface area contributed by atoms with Crippen molar-refractivity contribution in [2.24, 2.45) is 0 Å². The molecule has 0 unspecified atom stereocenters. The lowest BCUT2D eigenvalue weighted by molar-refractivity contribution is 0.0143. The number of ether oxygens (including phenoxy) is 4. The summed E-state index contributed by atoms with van der Waals surface area (Å²) >= 11 is 0. The molecule has 0 bridgehead atoms. The van der Waals surface area contributed by atoms with E-state index in [0.29, 0.717) is 39.6 Å². The van der Waals surface area contributed by atoms with E-state index in [2.05, 4.69) is 23.3 Å². The van der Waals surface area contributed by atoms with E-state index in [4.69, 9.17) is 24.7 Å². The maximum atomic E-state index is 6.02. The van der Waals surface area contributed by atoms with Crippen LogP contribution in [0.5, 0.6) is 0 Å². The van der Waals surface area contributed by atoms with Gasteiger partial charge in [-0.2, -0.15) is 0 Å². The highest BCUT2D eigenvalue weighted by atomic mass is 16.5. The van der Waals surface area contributed by atoms with Crippen molar-refractivity contribution in [2.45, 2.75) is 0 Å². The van der Waals surface area contributed by atoms with E-state index in [9.17, 15) is 0 Å². The van der Waals surface area contributed by atoms with Crippen LogP contribution in [0.4, 0.5) is 5.69 Å². The summed E-state index contributed by atoms with van der Waals surface area (Å²) in [6, 6.07) is 14.2. The van der Waals surface area contributed by atoms with E-state index in [1.807, 2.05) is 48.6 Å². The Bertz CT molecular complexity index is 1050. The molecule has 0 saturated heterocycles. The molecule has 1 aromatic heterocycles. The Labute approximate surface area is 183 Å². The van der Waals surface area contributed by atoms with Gasteiger partial charge in [-0.3, -0.25) is 0 Å². The number of allylic oxidation sites excluding steroid dienone is 4. The first-order chi connectivity index (χ1) is 15.3. The van der Waals surface area contributed by atoms with E-state index in [1.54, 1.807) is 13.4 Å². The van der Waals surface area contributed by atoms with E-state index in [0.717, 1.165) is 33.2 Å². The van der Waals surface area contributed by atoms with Gasteiger partial charge in [-0.05, 0) is 42.5 Å². The number of fused-ring (bicyclic) bond motifs is 3. The quantitative estimate of drug-likeness (QED) is 0.189. The summed E-state index contributed by atoms with van der Waals surface area (Å²) in [5, 5.41) is 2.27. The summed E-state index contributed by atoms with van der Waals surface area (Å²) in [4.78, 5) is 0. The van der Waals surface area contributed by atoms with Crippen LogP contribution in [0.3, 0.4) is 0 Å². The average Bonchev–Trinajstić information content (AvgIpc) is 3.11. The van der Waals surface area contributed by atoms with Crippen LogP contribution in [-0.4, -0.2) is 51.3 Å². The molecule has 3 rings (SSSR count). The van der Waals surface area contributed by atoms with Crippen LogP contribution in [-0.2, 0) is 18.9 Å². The minimum Gasteiger partial charge on any atom is -0.499 e. The van der Waals surface area contributed by atoms with E-state index < -0.39 is 0 Å². The summed E-state index contributed by atoms with van der Waals surface area (Å²) in [6.07, 6.45) is 7.33. The average molecular weight is 423 g/mol. The number of hydrogen-bond acceptors (Lipinski definition) is 5. The topological polar surface area (TPSA) is 67.9 Å². The number of nitrogens with two attached hydrogens (primary N) is 1. The first kappa shape index (κ1) is 22.6. The third-order valence-electron chi connectivity index (χ3n) is 4.76. The van der Waals surface area contributed by atoms with Gasteiger partial charge in [0, 0.05) is 29.3 Å². The number of methoxy groups -OCH3 is 1. The maximum absolute atomic E-state index is 6.02. The molecule has 6 nitrogen and oxygen atoms in total. The lowest BCUT2D eigenvalue weighted by Gasteiger charge is -2.08. The summed E-state index contributed by atoms with van der Waals surface area (Å²) in [5.41, 5.74) is 9.90. The third kappa shape index (κ3) is 5.98. The zero-order valence-corrected chi connectivity index (χ0v) is 18.0. The predicted octanol–water partition coefficient (Wildman–Crippen LogP) is 4.61. The van der Waals surface area contributed by atoms with Crippen LogP contribution in [0.15, 0.2) is 73.5 Å². The number of hydrogen-bond donors (Lipinski definition) is 1. The van der Waals surface area contributed by atoms with Crippen molar-refractivity contribution in [2.75, 3.05) is 52.5 Å². The fourth-order valence-corrected chi connectivity index (χ4v) is 3.34. The molecule has 0 spiro atoms. The smallest absolute Gasteiger partial charge is 0.111 e. The Morgan fingerprint density at radius 2 is 1.65 bits per heavy atom. The Balaban J connectivity index is 1.59. The molecule has 0 radical (unpaired) electrons. The van der Waals surface area contributed by atoms with Crippen LogP contribution < -0.4 is 5.73 Å². The fourth-order valence-electron chi connectivity index (χ4n) is 3.34. The van der Waals surface area contributed by atoms with Crippen LogP contribution >= 0.6 is 0 Å². The molecule has 164 valence electrons. The zero-order chi connectivity index (χ0) is 21.9. The van der Waals surface area contributed by atoms with Crippen molar-refractivity contribution < 1.29 is 18.9 Å². The largest absolute Gasteiger partial charge is 0.499 e. The number of rotatable bonds is 13. The van der Waals surface area contributed by atoms with E-state index >= 15 is 0 Å². The zero-order valence-electron chi connectivity index (χ0n) is 18.0. The number of para-hydroxylation sites is 1. The molecule has 0 aliphatic rings. The van der Waals surface area contributed by atoms with Gasteiger partial charge in [0.25, 0.3) is 0 Å². The molecule has 6 heteroatoms. The van der Waals surface area contributed by atoms with Gasteiger partial charge < -0.3 is 29.2 Å². The molecule has 2 aromatic carbocycles. The molecule has 2 N–H and O–H groups in total. The molecule has 0 atom stereocenters. The van der Waals surface area contributed by atoms with Gasteiger partial charge in [0.05, 0.1) is 50.3 Å². The van der Waals surface area contributed by atoms with Crippen molar-refractivity contribution in [3.05, 3.63) is 73.5 Å². The minimum absolute atomic E-state index is 0.473. The van der Waals surface area contributed by atoms with Crippen molar-refractivity contribution in [1.82, 2.24) is 4.57 Å². The normalized spacial score (nSPS) is 12.2. The van der Waals surface area contributed by atoms with Crippen molar-refractivity contribution in [3.63, 3.8) is 0 Å². The van der Waals surface area contributed by atoms with Gasteiger partial charge in [0.15, 0.2) is 0 Å². The van der Waals surface area contributed by atoms with Crippen LogP contribution in [0.25, 0.3) is 27.5 Å². The van der Waals surface area contributed by atoms with Crippen LogP contribution in [0.2, 0.25) is 0 Å². The third-order valence-corrected chi connectivity index (χ3v) is 4.76. The molecule has 0 aliphatic heterocycles. The van der Waals surface area contributed by atoms with Crippen LogP contribution in [0.1, 0.15) is 0 Å². The summed E-state index contributed by atoms with van der Waals surface area (Å²) in [7, 11) is 1.65. The lowest BCUT2D eigenvalue weighted by atomic mass is 10.1. The van der Waals surface area contributed by atoms with Gasteiger partial charge in [-0.25, -0.2) is 0 Å². The van der Waals surface area contributed by atoms with Gasteiger partial charge in [0.2, 0.25) is 0 Å². The number of nitrogen functional groups attached to an aromatic ring is 1. The van der Waals surface area contributed by atoms with Crippen molar-refractivity contribution in [3.8, 4) is 0 Å². The number of nitrogens with zero attached hydrogens (tertiary/aromatic N) is 1. The molecule has 0 amide bonds. The number of aromatic nitrogens is 1. The Morgan fingerprint density at radius 3 is 2.42 bits per heavy atom. The van der Waals surface area contributed by atoms with Gasteiger partial charge in [-0.15, -0.1) is 0 Å². The summed E-state index contributed by atoms with van der Waals surface area (Å²) in [5.74, 6) is 0. The molecule has 31 heavy (non-hydrogen) atoms. The Morgan fingerprint density at radius 1 is 0.935 bits per heavy atom. The minimum atomic E-state index is 0.473. The van der Waals surface area contributed by atoms with Gasteiger partial charge in [-0.1, -0.05) is 24.8 Å². The summed E-state index contributed by atoms with van der Waals surface area (Å²) in [6.45, 7) is 7.23. The standard InChI is InChI=1S/C25H30N2O4/c1-3-21(7-6-12-29-15-16-31-18-17-30-14-13-28-2)27-24-9-5-4-8-22(24)23-19-20(26)10-11-25(23)27/h3-12,19H,1,13-18,26H2,2H3/b12-6+,21-7+. The summed E-state index contributed by atoms with van der Waals surface area (Å²) < 4.78 is 23.4. The Kier molecular flexibility index (Phi) is 8.72. The van der Waals surface area contributed by atoms with E-state index in [-0.39, 0.29) is 0 Å². The molecular formula is C25H30N2O4. The van der Waals surface area contributed by atoms with Gasteiger partial charge in [0.1, 0.15) is 6.61 Å². The molecule has 1 heterocycles. The second-order valence-electron chi connectivity index (χ2n) is 6.84. The highest BCUT2D eigenvalue weighted by molar-refractivity contribution is 6.11. The van der Waals surface area contributed by atoms with Gasteiger partial charge >= 0.3 is 0 Å². The monoisotopic (exact) mass is 422 g/mol. The maximum Gasteiger partial charge on any atom is 0.111 e. The first-order valence-electron chi connectivity index (χ1n) is 10.3. The number of anilines is 1. The molecule has 0 fully saturated rings. The molecule has 0 aliphatic carbocycles. The molecule has 0 saturated carbocycles. The number of benzene rings is 2.